The summed E-state index contributed by atoms with van der Waals surface area (Å²) in [6, 6.07) is 0. The minimum absolute atomic E-state index is 0.207. The number of alkyl carbamates (subject to hydrolysis) is 1. The quantitative estimate of drug-likeness (QED) is 0.474. The minimum atomic E-state index is -3.05. The molecule has 0 rings (SSSR count). The predicted octanol–water partition coefficient (Wildman–Crippen LogP) is 3.89. The number of amides is 1. The van der Waals surface area contributed by atoms with Crippen molar-refractivity contribution >= 4 is 39.8 Å². The first-order valence-electron chi connectivity index (χ1n) is 7.73. The van der Waals surface area contributed by atoms with Gasteiger partial charge in [0.15, 0.2) is 25.0 Å². The monoisotopic (exact) mass is 395 g/mol. The Morgan fingerprint density at radius 2 is 1.22 bits per heavy atom. The van der Waals surface area contributed by atoms with E-state index in [2.05, 4.69) is 70.8 Å². The molecule has 0 atom stereocenters. The number of hydrogen-bond acceptors (Lipinski definition) is 5. The van der Waals surface area contributed by atoms with Crippen molar-refractivity contribution in [2.45, 2.75) is 58.9 Å². The lowest BCUT2D eigenvalue weighted by atomic mass is 11.0. The number of rotatable bonds is 9. The average molecular weight is 396 g/mol. The van der Waals surface area contributed by atoms with Gasteiger partial charge in [0.1, 0.15) is 0 Å². The van der Waals surface area contributed by atoms with Crippen molar-refractivity contribution in [1.29, 1.82) is 0 Å². The zero-order valence-electron chi connectivity index (χ0n) is 16.0. The second kappa shape index (κ2) is 8.23. The van der Waals surface area contributed by atoms with Gasteiger partial charge in [-0.15, -0.1) is 0 Å². The molecule has 0 aliphatic carbocycles. The number of hydrogen-bond donors (Lipinski definition) is 1. The number of carbonyl (C=O) groups excluding carboxylic acids is 1. The first-order valence-corrected chi connectivity index (χ1v) is 19.9. The van der Waals surface area contributed by atoms with E-state index in [-0.39, 0.29) is 6.17 Å². The molecular formula is C13H33NO5Si4. The fourth-order valence-electron chi connectivity index (χ4n) is 1.87. The van der Waals surface area contributed by atoms with Crippen molar-refractivity contribution in [3.8, 4) is 0 Å². The van der Waals surface area contributed by atoms with Gasteiger partial charge in [-0.1, -0.05) is 6.58 Å². The maximum atomic E-state index is 11.7. The summed E-state index contributed by atoms with van der Waals surface area (Å²) in [5.74, 6) is 0. The highest BCUT2D eigenvalue weighted by molar-refractivity contribution is 6.90. The molecule has 23 heavy (non-hydrogen) atoms. The lowest BCUT2D eigenvalue weighted by Gasteiger charge is -2.42. The van der Waals surface area contributed by atoms with Crippen LogP contribution < -0.4 is 5.32 Å². The molecule has 0 aromatic rings. The van der Waals surface area contributed by atoms with Crippen molar-refractivity contribution in [3.63, 3.8) is 0 Å². The molecule has 0 aromatic heterocycles. The first kappa shape index (κ1) is 22.8. The van der Waals surface area contributed by atoms with Gasteiger partial charge in [0.05, 0.1) is 12.4 Å². The normalized spacial score (nSPS) is 13.6. The molecule has 1 N–H and O–H groups in total. The Bertz CT molecular complexity index is 371. The molecule has 1 amide bonds. The summed E-state index contributed by atoms with van der Waals surface area (Å²) in [4.78, 5) is 11.7. The summed E-state index contributed by atoms with van der Waals surface area (Å²) in [5.41, 5.74) is 0. The Hall–Kier alpha value is -0.242. The molecule has 0 unspecified atom stereocenters. The van der Waals surface area contributed by atoms with Crippen LogP contribution in [0.3, 0.4) is 0 Å². The Labute approximate surface area is 145 Å². The van der Waals surface area contributed by atoms with Crippen LogP contribution in [0, 0.1) is 0 Å². The molecule has 0 heterocycles. The Morgan fingerprint density at radius 1 is 0.870 bits per heavy atom. The molecule has 0 bridgehead atoms. The van der Waals surface area contributed by atoms with Crippen molar-refractivity contribution < 1.29 is 21.9 Å². The number of nitrogens with one attached hydrogen (secondary N) is 1. The molecule has 6 nitrogen and oxygen atoms in total. The molecule has 0 radical (unpaired) electrons. The third-order valence-electron chi connectivity index (χ3n) is 2.02. The van der Waals surface area contributed by atoms with E-state index in [1.165, 1.54) is 0 Å². The van der Waals surface area contributed by atoms with Gasteiger partial charge in [-0.2, -0.15) is 0 Å². The van der Waals surface area contributed by atoms with Crippen molar-refractivity contribution in [3.05, 3.63) is 12.8 Å². The van der Waals surface area contributed by atoms with E-state index in [0.29, 0.717) is 0 Å². The van der Waals surface area contributed by atoms with E-state index in [0.717, 1.165) is 6.26 Å². The fourth-order valence-corrected chi connectivity index (χ4v) is 15.9. The van der Waals surface area contributed by atoms with Crippen LogP contribution in [-0.2, 0) is 17.1 Å². The molecule has 0 aliphatic heterocycles. The summed E-state index contributed by atoms with van der Waals surface area (Å²) in [6.45, 7) is 22.2. The minimum Gasteiger partial charge on any atom is -0.419 e. The second-order valence-corrected chi connectivity index (χ2v) is 25.1. The van der Waals surface area contributed by atoms with E-state index in [4.69, 9.17) is 17.1 Å². The highest BCUT2D eigenvalue weighted by atomic mass is 28.5. The van der Waals surface area contributed by atoms with Crippen LogP contribution in [0.25, 0.3) is 0 Å². The molecule has 0 fully saturated rings. The maximum absolute atomic E-state index is 11.7. The van der Waals surface area contributed by atoms with Crippen LogP contribution in [-0.4, -0.2) is 46.0 Å². The third kappa shape index (κ3) is 11.9. The summed E-state index contributed by atoms with van der Waals surface area (Å²) >= 11 is 0. The van der Waals surface area contributed by atoms with Crippen molar-refractivity contribution in [2.75, 3.05) is 6.17 Å². The zero-order valence-corrected chi connectivity index (χ0v) is 20.0. The summed E-state index contributed by atoms with van der Waals surface area (Å²) in [5, 5.41) is 2.71. The van der Waals surface area contributed by atoms with Gasteiger partial charge in [0.25, 0.3) is 0 Å². The lowest BCUT2D eigenvalue weighted by Crippen LogP contribution is -2.65. The van der Waals surface area contributed by atoms with Crippen molar-refractivity contribution in [1.82, 2.24) is 5.32 Å². The molecule has 10 heteroatoms. The van der Waals surface area contributed by atoms with Gasteiger partial charge in [-0.3, -0.25) is 0 Å². The smallest absolute Gasteiger partial charge is 0.419 e. The Kier molecular flexibility index (Phi) is 8.14. The molecule has 0 aliphatic rings. The topological polar surface area (TPSA) is 66.0 Å². The zero-order chi connectivity index (χ0) is 18.5. The molecule has 0 saturated carbocycles. The van der Waals surface area contributed by atoms with Crippen LogP contribution in [0.2, 0.25) is 58.9 Å². The Morgan fingerprint density at radius 3 is 1.48 bits per heavy atom. The lowest BCUT2D eigenvalue weighted by molar-refractivity contribution is 0.182. The predicted molar refractivity (Wildman–Crippen MR) is 104 cm³/mol. The molecular weight excluding hydrogens is 362 g/mol. The van der Waals surface area contributed by atoms with E-state index >= 15 is 0 Å². The summed E-state index contributed by atoms with van der Waals surface area (Å²) < 4.78 is 24.0. The fraction of sp³-hybridized carbons (Fsp3) is 0.769. The Balaban J connectivity index is 5.53. The molecule has 136 valence electrons. The van der Waals surface area contributed by atoms with E-state index < -0.39 is 39.8 Å². The second-order valence-electron chi connectivity index (χ2n) is 8.25. The molecule has 0 spiro atoms. The van der Waals surface area contributed by atoms with Gasteiger partial charge >= 0.3 is 14.9 Å². The summed E-state index contributed by atoms with van der Waals surface area (Å²) in [6.07, 6.45) is 0.726. The first-order chi connectivity index (χ1) is 10.1. The highest BCUT2D eigenvalue weighted by Gasteiger charge is 2.50. The van der Waals surface area contributed by atoms with Gasteiger partial charge in [-0.05, 0) is 58.9 Å². The van der Waals surface area contributed by atoms with Gasteiger partial charge in [0.2, 0.25) is 0 Å². The largest absolute Gasteiger partial charge is 0.489 e. The van der Waals surface area contributed by atoms with Crippen LogP contribution in [0.15, 0.2) is 12.8 Å². The van der Waals surface area contributed by atoms with Gasteiger partial charge in [0, 0.05) is 0 Å². The van der Waals surface area contributed by atoms with E-state index in [1.807, 2.05) is 0 Å². The number of carbonyl (C=O) groups is 1. The molecule has 0 saturated heterocycles. The van der Waals surface area contributed by atoms with E-state index in [1.54, 1.807) is 0 Å². The highest BCUT2D eigenvalue weighted by Crippen LogP contribution is 2.25. The average Bonchev–Trinajstić information content (AvgIpc) is 2.19. The van der Waals surface area contributed by atoms with Gasteiger partial charge in [-0.25, -0.2) is 4.79 Å². The van der Waals surface area contributed by atoms with Crippen LogP contribution in [0.1, 0.15) is 0 Å². The van der Waals surface area contributed by atoms with Gasteiger partial charge < -0.3 is 22.4 Å². The van der Waals surface area contributed by atoms with Crippen LogP contribution in [0.5, 0.6) is 0 Å². The molecule has 0 aromatic carbocycles. The maximum Gasteiger partial charge on any atom is 0.489 e. The van der Waals surface area contributed by atoms with Crippen molar-refractivity contribution in [2.24, 2.45) is 0 Å². The third-order valence-corrected chi connectivity index (χ3v) is 13.7. The van der Waals surface area contributed by atoms with E-state index in [9.17, 15) is 4.79 Å². The standard InChI is InChI=1S/C13H33NO5Si4/c1-11-16-13(15)14-12-23(17-20(2,3)4,18-21(5,6)7)19-22(8,9)10/h11H,1,12H2,2-10H3,(H,14,15). The van der Waals surface area contributed by atoms with Crippen LogP contribution >= 0.6 is 0 Å². The summed E-state index contributed by atoms with van der Waals surface area (Å²) in [7, 11) is -8.87. The van der Waals surface area contributed by atoms with Crippen LogP contribution in [0.4, 0.5) is 4.79 Å². The SMILES string of the molecule is C=COC(=O)NC[Si](O[Si](C)(C)C)(O[Si](C)(C)C)O[Si](C)(C)C. The number of ether oxygens (including phenoxy) is 1.